The number of likely N-dealkylation sites (tertiary alicyclic amines) is 1. The van der Waals surface area contributed by atoms with Crippen LogP contribution in [0.25, 0.3) is 11.0 Å². The van der Waals surface area contributed by atoms with Crippen LogP contribution in [-0.4, -0.2) is 55.3 Å². The van der Waals surface area contributed by atoms with Gasteiger partial charge in [-0.15, -0.1) is 0 Å². The van der Waals surface area contributed by atoms with Crippen LogP contribution in [0.5, 0.6) is 0 Å². The van der Waals surface area contributed by atoms with Gasteiger partial charge in [-0.1, -0.05) is 25.7 Å². The van der Waals surface area contributed by atoms with Crippen molar-refractivity contribution in [3.05, 3.63) is 22.9 Å². The second-order valence-corrected chi connectivity index (χ2v) is 7.88. The lowest BCUT2D eigenvalue weighted by Gasteiger charge is -2.26. The van der Waals surface area contributed by atoms with Crippen LogP contribution in [0, 0.1) is 0 Å². The number of aryl methyl sites for hydroxylation is 1. The van der Waals surface area contributed by atoms with Crippen molar-refractivity contribution in [2.45, 2.75) is 63.6 Å². The zero-order valence-corrected chi connectivity index (χ0v) is 15.9. The van der Waals surface area contributed by atoms with Gasteiger partial charge in [0.25, 0.3) is 5.56 Å². The normalized spacial score (nSPS) is 22.2. The number of aromatic nitrogens is 4. The van der Waals surface area contributed by atoms with E-state index in [4.69, 9.17) is 0 Å². The van der Waals surface area contributed by atoms with Crippen LogP contribution in [-0.2, 0) is 18.4 Å². The van der Waals surface area contributed by atoms with Gasteiger partial charge in [-0.3, -0.25) is 23.7 Å². The monoisotopic (exact) mass is 372 g/mol. The molecule has 3 heterocycles. The first-order valence-electron chi connectivity index (χ1n) is 10.0. The van der Waals surface area contributed by atoms with Crippen LogP contribution in [0.1, 0.15) is 44.9 Å². The Morgan fingerprint density at radius 1 is 1.22 bits per heavy atom. The molecule has 0 spiro atoms. The quantitative estimate of drug-likeness (QED) is 0.811. The molecule has 1 aliphatic heterocycles. The SMILES string of the molecule is Cn1ncc2c(=O)n(CC(=O)NC3CCN(C4CCCCCC4)C3)cnc21. The highest BCUT2D eigenvalue weighted by Crippen LogP contribution is 2.25. The second-order valence-electron chi connectivity index (χ2n) is 7.88. The highest BCUT2D eigenvalue weighted by atomic mass is 16.2. The summed E-state index contributed by atoms with van der Waals surface area (Å²) in [6, 6.07) is 0.848. The molecule has 0 aromatic carbocycles. The van der Waals surface area contributed by atoms with Gasteiger partial charge in [0.15, 0.2) is 5.65 Å². The Morgan fingerprint density at radius 3 is 2.78 bits per heavy atom. The van der Waals surface area contributed by atoms with Crippen molar-refractivity contribution >= 4 is 16.9 Å². The van der Waals surface area contributed by atoms with Gasteiger partial charge in [-0.05, 0) is 19.3 Å². The summed E-state index contributed by atoms with van der Waals surface area (Å²) in [5.41, 5.74) is 0.307. The first-order valence-corrected chi connectivity index (χ1v) is 10.0. The molecule has 1 aliphatic carbocycles. The van der Waals surface area contributed by atoms with Crippen molar-refractivity contribution in [3.8, 4) is 0 Å². The molecule has 2 fully saturated rings. The molecular weight excluding hydrogens is 344 g/mol. The van der Waals surface area contributed by atoms with E-state index in [0.717, 1.165) is 19.5 Å². The maximum atomic E-state index is 12.5. The van der Waals surface area contributed by atoms with Gasteiger partial charge in [-0.2, -0.15) is 5.10 Å². The van der Waals surface area contributed by atoms with Crippen LogP contribution in [0.4, 0.5) is 0 Å². The lowest BCUT2D eigenvalue weighted by molar-refractivity contribution is -0.122. The van der Waals surface area contributed by atoms with Gasteiger partial charge in [0.05, 0.1) is 6.20 Å². The summed E-state index contributed by atoms with van der Waals surface area (Å²) in [5, 5.41) is 7.60. The van der Waals surface area contributed by atoms with Gasteiger partial charge < -0.3 is 5.32 Å². The highest BCUT2D eigenvalue weighted by Gasteiger charge is 2.29. The predicted molar refractivity (Wildman–Crippen MR) is 102 cm³/mol. The van der Waals surface area contributed by atoms with E-state index in [-0.39, 0.29) is 24.1 Å². The standard InChI is InChI=1S/C19H28N6O2/c1-23-18-16(10-21-23)19(27)25(13-20-18)12-17(26)22-14-8-9-24(11-14)15-6-4-2-3-5-7-15/h10,13-15H,2-9,11-12H2,1H3,(H,22,26). The van der Waals surface area contributed by atoms with Gasteiger partial charge in [0.1, 0.15) is 18.3 Å². The first kappa shape index (κ1) is 18.2. The molecule has 27 heavy (non-hydrogen) atoms. The fraction of sp³-hybridized carbons (Fsp3) is 0.684. The highest BCUT2D eigenvalue weighted by molar-refractivity contribution is 5.77. The molecule has 1 amide bonds. The molecule has 1 atom stereocenters. The summed E-state index contributed by atoms with van der Waals surface area (Å²) in [6.07, 6.45) is 11.8. The maximum Gasteiger partial charge on any atom is 0.264 e. The number of fused-ring (bicyclic) bond motifs is 1. The third kappa shape index (κ3) is 3.90. The lowest BCUT2D eigenvalue weighted by atomic mass is 10.1. The Kier molecular flexibility index (Phi) is 5.24. The summed E-state index contributed by atoms with van der Waals surface area (Å²) in [4.78, 5) is 31.7. The first-order chi connectivity index (χ1) is 13.1. The number of hydrogen-bond acceptors (Lipinski definition) is 5. The zero-order chi connectivity index (χ0) is 18.8. The molecule has 8 nitrogen and oxygen atoms in total. The molecule has 8 heteroatoms. The van der Waals surface area contributed by atoms with Gasteiger partial charge >= 0.3 is 0 Å². The fourth-order valence-corrected chi connectivity index (χ4v) is 4.47. The van der Waals surface area contributed by atoms with E-state index < -0.39 is 0 Å². The van der Waals surface area contributed by atoms with Crippen molar-refractivity contribution in [1.29, 1.82) is 0 Å². The fourth-order valence-electron chi connectivity index (χ4n) is 4.47. The van der Waals surface area contributed by atoms with E-state index in [1.807, 2.05) is 0 Å². The minimum absolute atomic E-state index is 0.00338. The Bertz CT molecular complexity index is 865. The average Bonchev–Trinajstić information content (AvgIpc) is 3.16. The van der Waals surface area contributed by atoms with Crippen molar-refractivity contribution in [1.82, 2.24) is 29.5 Å². The number of carbonyl (C=O) groups excluding carboxylic acids is 1. The summed E-state index contributed by atoms with van der Waals surface area (Å²) >= 11 is 0. The summed E-state index contributed by atoms with van der Waals surface area (Å²) in [7, 11) is 1.74. The van der Waals surface area contributed by atoms with Crippen molar-refractivity contribution in [2.24, 2.45) is 7.05 Å². The molecule has 2 aliphatic rings. The third-order valence-electron chi connectivity index (χ3n) is 5.96. The minimum atomic E-state index is -0.227. The van der Waals surface area contributed by atoms with Crippen molar-refractivity contribution < 1.29 is 4.79 Å². The number of nitrogens with zero attached hydrogens (tertiary/aromatic N) is 5. The topological polar surface area (TPSA) is 85.0 Å². The van der Waals surface area contributed by atoms with Crippen LogP contribution in [0.15, 0.2) is 17.3 Å². The molecule has 146 valence electrons. The number of amides is 1. The Morgan fingerprint density at radius 2 is 2.00 bits per heavy atom. The Balaban J connectivity index is 1.35. The van der Waals surface area contributed by atoms with Crippen molar-refractivity contribution in [2.75, 3.05) is 13.1 Å². The smallest absolute Gasteiger partial charge is 0.264 e. The van der Waals surface area contributed by atoms with Gasteiger partial charge in [0.2, 0.25) is 5.91 Å². The van der Waals surface area contributed by atoms with E-state index in [0.29, 0.717) is 17.1 Å². The molecule has 2 aromatic heterocycles. The Labute approximate surface area is 158 Å². The third-order valence-corrected chi connectivity index (χ3v) is 5.96. The molecule has 1 N–H and O–H groups in total. The summed E-state index contributed by atoms with van der Waals surface area (Å²) < 4.78 is 2.92. The van der Waals surface area contributed by atoms with E-state index in [2.05, 4.69) is 20.3 Å². The second kappa shape index (κ2) is 7.80. The number of nitrogens with one attached hydrogen (secondary N) is 1. The molecular formula is C19H28N6O2. The molecule has 1 saturated heterocycles. The maximum absolute atomic E-state index is 12.5. The Hall–Kier alpha value is -2.22. The minimum Gasteiger partial charge on any atom is -0.350 e. The summed E-state index contributed by atoms with van der Waals surface area (Å²) in [6.45, 7) is 1.97. The van der Waals surface area contributed by atoms with Gasteiger partial charge in [-0.25, -0.2) is 4.98 Å². The molecule has 0 radical (unpaired) electrons. The predicted octanol–water partition coefficient (Wildman–Crippen LogP) is 1.04. The van der Waals surface area contributed by atoms with Crippen LogP contribution in [0.3, 0.4) is 0 Å². The number of carbonyl (C=O) groups is 1. The molecule has 0 bridgehead atoms. The summed E-state index contributed by atoms with van der Waals surface area (Å²) in [5.74, 6) is -0.130. The van der Waals surface area contributed by atoms with Crippen molar-refractivity contribution in [3.63, 3.8) is 0 Å². The van der Waals surface area contributed by atoms with Crippen LogP contribution >= 0.6 is 0 Å². The van der Waals surface area contributed by atoms with E-state index in [1.54, 1.807) is 11.7 Å². The van der Waals surface area contributed by atoms with Gasteiger partial charge in [0, 0.05) is 32.2 Å². The van der Waals surface area contributed by atoms with E-state index in [1.165, 1.54) is 55.6 Å². The lowest BCUT2D eigenvalue weighted by Crippen LogP contribution is -2.42. The van der Waals surface area contributed by atoms with Crippen LogP contribution in [0.2, 0.25) is 0 Å². The molecule has 1 saturated carbocycles. The van der Waals surface area contributed by atoms with E-state index in [9.17, 15) is 9.59 Å². The van der Waals surface area contributed by atoms with Crippen LogP contribution < -0.4 is 10.9 Å². The number of rotatable bonds is 4. The zero-order valence-electron chi connectivity index (χ0n) is 15.9. The molecule has 1 unspecified atom stereocenters. The molecule has 2 aromatic rings. The largest absolute Gasteiger partial charge is 0.350 e. The number of hydrogen-bond donors (Lipinski definition) is 1. The molecule has 4 rings (SSSR count). The van der Waals surface area contributed by atoms with E-state index >= 15 is 0 Å². The average molecular weight is 372 g/mol.